The number of carboxylic acid groups (broad SMARTS) is 2. The van der Waals surface area contributed by atoms with E-state index >= 15 is 0 Å². The number of anilines is 2. The molecule has 0 unspecified atom stereocenters. The van der Waals surface area contributed by atoms with Crippen molar-refractivity contribution >= 4 is 23.3 Å². The summed E-state index contributed by atoms with van der Waals surface area (Å²) in [6.07, 6.45) is -0.237. The number of carbonyl (C=O) groups excluding carboxylic acids is 2. The number of para-hydroxylation sites is 2. The minimum absolute atomic E-state index is 0. The van der Waals surface area contributed by atoms with Gasteiger partial charge in [-0.15, -0.1) is 0 Å². The Morgan fingerprint density at radius 3 is 1.30 bits per heavy atom. The van der Waals surface area contributed by atoms with Crippen LogP contribution in [0.5, 0.6) is 0 Å². The second-order valence-electron chi connectivity index (χ2n) is 4.50. The van der Waals surface area contributed by atoms with Crippen LogP contribution in [0.1, 0.15) is 11.1 Å². The van der Waals surface area contributed by atoms with Crippen LogP contribution in [-0.4, -0.2) is 11.9 Å². The summed E-state index contributed by atoms with van der Waals surface area (Å²) in [5.41, 5.74) is 13.2. The van der Waals surface area contributed by atoms with Crippen LogP contribution in [0.3, 0.4) is 0 Å². The Morgan fingerprint density at radius 1 is 0.739 bits per heavy atom. The topological polar surface area (TPSA) is 132 Å². The third-order valence-electron chi connectivity index (χ3n) is 2.78. The van der Waals surface area contributed by atoms with E-state index in [0.717, 1.165) is 0 Å². The average Bonchev–Trinajstić information content (AvgIpc) is 2.44. The number of hydrogen-bond acceptors (Lipinski definition) is 6. The number of carboxylic acids is 2. The van der Waals surface area contributed by atoms with E-state index in [2.05, 4.69) is 0 Å². The number of hydrogen-bond donors (Lipinski definition) is 2. The van der Waals surface area contributed by atoms with Crippen molar-refractivity contribution in [2.45, 2.75) is 12.8 Å². The van der Waals surface area contributed by atoms with Crippen LogP contribution in [0.4, 0.5) is 11.4 Å². The molecule has 2 rings (SSSR count). The van der Waals surface area contributed by atoms with Crippen LogP contribution >= 0.6 is 0 Å². The molecule has 0 amide bonds. The quantitative estimate of drug-likeness (QED) is 0.414. The largest absolute Gasteiger partial charge is 2.00 e. The molecule has 0 saturated carbocycles. The molecule has 0 aliphatic heterocycles. The van der Waals surface area contributed by atoms with E-state index in [9.17, 15) is 19.8 Å². The Bertz CT molecular complexity index is 605. The molecule has 0 spiro atoms. The molecule has 2 aromatic carbocycles. The van der Waals surface area contributed by atoms with E-state index in [1.165, 1.54) is 0 Å². The van der Waals surface area contributed by atoms with Crippen LogP contribution in [0.25, 0.3) is 0 Å². The molecule has 0 atom stereocenters. The van der Waals surface area contributed by atoms with Gasteiger partial charge in [0.05, 0.1) is 0 Å². The summed E-state index contributed by atoms with van der Waals surface area (Å²) in [5, 5.41) is 20.3. The third kappa shape index (κ3) is 8.20. The average molecular weight is 501 g/mol. The van der Waals surface area contributed by atoms with Crippen LogP contribution in [0.15, 0.2) is 48.5 Å². The standard InChI is InChI=1S/2C8H9NO2.Hg/c2*9-7-4-2-1-3-6(7)5-8(10)11;/h2*1-4H,5,9H2,(H,10,11);/q;;+2/p-2. The Morgan fingerprint density at radius 2 is 1.04 bits per heavy atom. The summed E-state index contributed by atoms with van der Waals surface area (Å²) < 4.78 is 0. The molecule has 6 nitrogen and oxygen atoms in total. The SMILES string of the molecule is Nc1ccccc1CC(=O)[O-].Nc1ccccc1CC(=O)[O-].[Hg+2]. The predicted molar refractivity (Wildman–Crippen MR) is 79.1 cm³/mol. The smallest absolute Gasteiger partial charge is 0.550 e. The number of carbonyl (C=O) groups is 2. The van der Waals surface area contributed by atoms with E-state index in [4.69, 9.17) is 11.5 Å². The van der Waals surface area contributed by atoms with E-state index < -0.39 is 11.9 Å². The molecule has 7 heteroatoms. The zero-order valence-corrected chi connectivity index (χ0v) is 18.0. The van der Waals surface area contributed by atoms with E-state index in [1.54, 1.807) is 48.5 Å². The minimum Gasteiger partial charge on any atom is -0.550 e. The molecule has 116 valence electrons. The third-order valence-corrected chi connectivity index (χ3v) is 2.78. The Labute approximate surface area is 154 Å². The molecular formula is C16H16HgN2O4. The fourth-order valence-corrected chi connectivity index (χ4v) is 1.70. The summed E-state index contributed by atoms with van der Waals surface area (Å²) in [6.45, 7) is 0. The summed E-state index contributed by atoms with van der Waals surface area (Å²) in [7, 11) is 0. The fourth-order valence-electron chi connectivity index (χ4n) is 1.70. The number of rotatable bonds is 4. The molecule has 0 aliphatic carbocycles. The number of aliphatic carboxylic acids is 2. The van der Waals surface area contributed by atoms with E-state index in [0.29, 0.717) is 22.5 Å². The zero-order valence-electron chi connectivity index (χ0n) is 12.5. The molecule has 0 fully saturated rings. The summed E-state index contributed by atoms with van der Waals surface area (Å²) >= 11 is 0. The van der Waals surface area contributed by atoms with E-state index in [-0.39, 0.29) is 40.5 Å². The summed E-state index contributed by atoms with van der Waals surface area (Å²) in [4.78, 5) is 20.3. The van der Waals surface area contributed by atoms with Gasteiger partial charge in [0.1, 0.15) is 0 Å². The Hall–Kier alpha value is -2.08. The van der Waals surface area contributed by atoms with Crippen LogP contribution in [0, 0.1) is 0 Å². The molecule has 0 bridgehead atoms. The van der Waals surface area contributed by atoms with Crippen molar-refractivity contribution in [2.75, 3.05) is 11.5 Å². The first-order valence-electron chi connectivity index (χ1n) is 6.46. The maximum absolute atomic E-state index is 10.2. The van der Waals surface area contributed by atoms with Crippen LogP contribution in [-0.2, 0) is 50.1 Å². The fraction of sp³-hybridized carbons (Fsp3) is 0.125. The van der Waals surface area contributed by atoms with Gasteiger partial charge in [-0.3, -0.25) is 0 Å². The maximum Gasteiger partial charge on any atom is 2.00 e. The van der Waals surface area contributed by atoms with Crippen molar-refractivity contribution in [3.05, 3.63) is 59.7 Å². The van der Waals surface area contributed by atoms with Crippen molar-refractivity contribution in [3.8, 4) is 0 Å². The Kier molecular flexibility index (Phi) is 9.65. The second kappa shape index (κ2) is 10.6. The monoisotopic (exact) mass is 502 g/mol. The first-order valence-corrected chi connectivity index (χ1v) is 6.46. The molecule has 23 heavy (non-hydrogen) atoms. The van der Waals surface area contributed by atoms with Gasteiger partial charge in [0.25, 0.3) is 0 Å². The first-order chi connectivity index (χ1) is 10.4. The van der Waals surface area contributed by atoms with Gasteiger partial charge in [-0.2, -0.15) is 0 Å². The number of benzene rings is 2. The van der Waals surface area contributed by atoms with Gasteiger partial charge < -0.3 is 31.3 Å². The van der Waals surface area contributed by atoms with E-state index in [1.807, 2.05) is 0 Å². The van der Waals surface area contributed by atoms with Crippen LogP contribution in [0.2, 0.25) is 0 Å². The maximum atomic E-state index is 10.2. The van der Waals surface area contributed by atoms with Crippen LogP contribution < -0.4 is 21.7 Å². The van der Waals surface area contributed by atoms with Gasteiger partial charge in [0.15, 0.2) is 0 Å². The number of nitrogens with two attached hydrogens (primary N) is 2. The molecule has 2 aromatic rings. The van der Waals surface area contributed by atoms with Gasteiger partial charge in [0.2, 0.25) is 0 Å². The zero-order chi connectivity index (χ0) is 16.5. The van der Waals surface area contributed by atoms with Gasteiger partial charge >= 0.3 is 27.7 Å². The summed E-state index contributed by atoms with van der Waals surface area (Å²) in [5.74, 6) is -2.22. The second-order valence-corrected chi connectivity index (χ2v) is 4.50. The van der Waals surface area contributed by atoms with Gasteiger partial charge in [-0.25, -0.2) is 0 Å². The van der Waals surface area contributed by atoms with Crippen molar-refractivity contribution < 1.29 is 47.5 Å². The molecule has 0 radical (unpaired) electrons. The Balaban J connectivity index is 0.000000403. The molecule has 0 aliphatic rings. The minimum atomic E-state index is -1.11. The summed E-state index contributed by atoms with van der Waals surface area (Å²) in [6, 6.07) is 13.7. The van der Waals surface area contributed by atoms with Gasteiger partial charge in [-0.05, 0) is 23.3 Å². The molecule has 4 N–H and O–H groups in total. The molecule has 0 saturated heterocycles. The number of nitrogen functional groups attached to an aromatic ring is 2. The van der Waals surface area contributed by atoms with Crippen molar-refractivity contribution in [3.63, 3.8) is 0 Å². The molecule has 0 heterocycles. The van der Waals surface area contributed by atoms with Crippen molar-refractivity contribution in [1.82, 2.24) is 0 Å². The first kappa shape index (κ1) is 20.9. The van der Waals surface area contributed by atoms with Gasteiger partial charge in [-0.1, -0.05) is 36.4 Å². The molecular weight excluding hydrogens is 485 g/mol. The van der Waals surface area contributed by atoms with Crippen molar-refractivity contribution in [2.24, 2.45) is 0 Å². The normalized spacial score (nSPS) is 9.04. The molecule has 0 aromatic heterocycles. The van der Waals surface area contributed by atoms with Gasteiger partial charge in [0, 0.05) is 36.2 Å². The van der Waals surface area contributed by atoms with Crippen molar-refractivity contribution in [1.29, 1.82) is 0 Å². The predicted octanol–water partition coefficient (Wildman–Crippen LogP) is -0.880.